The Bertz CT molecular complexity index is 779. The van der Waals surface area contributed by atoms with Crippen molar-refractivity contribution in [3.8, 4) is 0 Å². The lowest BCUT2D eigenvalue weighted by Gasteiger charge is -2.21. The summed E-state index contributed by atoms with van der Waals surface area (Å²) in [5.41, 5.74) is 1.71. The Hall–Kier alpha value is -2.60. The summed E-state index contributed by atoms with van der Waals surface area (Å²) in [5, 5.41) is 12.8. The smallest absolute Gasteiger partial charge is 0.339 e. The molecule has 1 aromatic carbocycles. The van der Waals surface area contributed by atoms with Gasteiger partial charge in [0.25, 0.3) is 5.91 Å². The molecule has 0 aliphatic heterocycles. The molecule has 1 unspecified atom stereocenters. The number of aromatic nitrogens is 1. The van der Waals surface area contributed by atoms with Gasteiger partial charge in [0.1, 0.15) is 0 Å². The summed E-state index contributed by atoms with van der Waals surface area (Å²) < 4.78 is 6.88. The van der Waals surface area contributed by atoms with Crippen molar-refractivity contribution >= 4 is 11.9 Å². The molecule has 1 aromatic heterocycles. The molecule has 2 rings (SSSR count). The number of carbonyl (C=O) groups is 2. The predicted octanol–water partition coefficient (Wildman–Crippen LogP) is 2.20. The van der Waals surface area contributed by atoms with Gasteiger partial charge in [0.05, 0.1) is 18.7 Å². The molecule has 0 bridgehead atoms. The van der Waals surface area contributed by atoms with E-state index < -0.39 is 11.6 Å². The van der Waals surface area contributed by atoms with Crippen LogP contribution in [0, 0.1) is 13.8 Å². The number of carbonyl (C=O) groups excluding carboxylic acids is 2. The first-order chi connectivity index (χ1) is 12.3. The van der Waals surface area contributed by atoms with Crippen molar-refractivity contribution in [2.45, 2.75) is 39.8 Å². The van der Waals surface area contributed by atoms with Crippen LogP contribution in [-0.2, 0) is 16.1 Å². The maximum Gasteiger partial charge on any atom is 0.339 e. The molecule has 1 heterocycles. The molecular formula is C20H26N2O4. The molecule has 0 saturated heterocycles. The molecule has 0 spiro atoms. The Balaban J connectivity index is 2.10. The first-order valence-corrected chi connectivity index (χ1v) is 8.64. The van der Waals surface area contributed by atoms with Crippen molar-refractivity contribution in [3.05, 3.63) is 58.9 Å². The molecule has 26 heavy (non-hydrogen) atoms. The Morgan fingerprint density at radius 2 is 1.88 bits per heavy atom. The predicted molar refractivity (Wildman–Crippen MR) is 99.0 cm³/mol. The minimum Gasteiger partial charge on any atom is -0.464 e. The van der Waals surface area contributed by atoms with E-state index in [1.54, 1.807) is 6.92 Å². The highest BCUT2D eigenvalue weighted by Gasteiger charge is 2.32. The van der Waals surface area contributed by atoms with E-state index in [1.165, 1.54) is 6.92 Å². The molecule has 1 amide bonds. The van der Waals surface area contributed by atoms with Gasteiger partial charge in [-0.1, -0.05) is 30.3 Å². The van der Waals surface area contributed by atoms with Crippen molar-refractivity contribution < 1.29 is 19.4 Å². The van der Waals surface area contributed by atoms with Gasteiger partial charge in [0.2, 0.25) is 0 Å². The van der Waals surface area contributed by atoms with Gasteiger partial charge in [0.15, 0.2) is 5.60 Å². The quantitative estimate of drug-likeness (QED) is 0.744. The Labute approximate surface area is 153 Å². The second-order valence-corrected chi connectivity index (χ2v) is 6.53. The maximum atomic E-state index is 12.5. The lowest BCUT2D eigenvalue weighted by Crippen LogP contribution is -2.47. The summed E-state index contributed by atoms with van der Waals surface area (Å²) in [6.07, 6.45) is 0. The number of nitrogens with zero attached hydrogens (tertiary/aromatic N) is 1. The van der Waals surface area contributed by atoms with Gasteiger partial charge in [-0.25, -0.2) is 4.79 Å². The van der Waals surface area contributed by atoms with Crippen LogP contribution >= 0.6 is 0 Å². The van der Waals surface area contributed by atoms with Gasteiger partial charge in [-0.15, -0.1) is 0 Å². The van der Waals surface area contributed by atoms with Crippen LogP contribution in [0.25, 0.3) is 0 Å². The third-order valence-corrected chi connectivity index (χ3v) is 4.31. The normalized spacial score (nSPS) is 13.1. The third-order valence-electron chi connectivity index (χ3n) is 4.31. The standard InChI is InChI=1S/C20H26N2O4/c1-5-26-19(24)20(4,25)13-21-18(23)17-11-14(2)22(15(17)3)12-16-9-7-6-8-10-16/h6-11,25H,5,12-13H2,1-4H3,(H,21,23). The fourth-order valence-corrected chi connectivity index (χ4v) is 2.75. The summed E-state index contributed by atoms with van der Waals surface area (Å²) in [4.78, 5) is 24.2. The van der Waals surface area contributed by atoms with Crippen LogP contribution in [0.3, 0.4) is 0 Å². The number of nitrogens with one attached hydrogen (secondary N) is 1. The van der Waals surface area contributed by atoms with E-state index in [4.69, 9.17) is 4.74 Å². The first-order valence-electron chi connectivity index (χ1n) is 8.64. The minimum absolute atomic E-state index is 0.170. The molecule has 1 atom stereocenters. The van der Waals surface area contributed by atoms with Gasteiger partial charge in [-0.05, 0) is 39.3 Å². The van der Waals surface area contributed by atoms with Crippen LogP contribution < -0.4 is 5.32 Å². The highest BCUT2D eigenvalue weighted by Crippen LogP contribution is 2.17. The van der Waals surface area contributed by atoms with E-state index in [2.05, 4.69) is 9.88 Å². The van der Waals surface area contributed by atoms with Crippen LogP contribution in [0.15, 0.2) is 36.4 Å². The minimum atomic E-state index is -1.76. The van der Waals surface area contributed by atoms with Crippen LogP contribution in [0.5, 0.6) is 0 Å². The van der Waals surface area contributed by atoms with Gasteiger partial charge in [-0.2, -0.15) is 0 Å². The van der Waals surface area contributed by atoms with Crippen LogP contribution in [-0.4, -0.2) is 40.3 Å². The number of hydrogen-bond acceptors (Lipinski definition) is 4. The van der Waals surface area contributed by atoms with Crippen molar-refractivity contribution in [1.82, 2.24) is 9.88 Å². The number of benzene rings is 1. The monoisotopic (exact) mass is 358 g/mol. The van der Waals surface area contributed by atoms with E-state index >= 15 is 0 Å². The maximum absolute atomic E-state index is 12.5. The molecule has 6 nitrogen and oxygen atoms in total. The van der Waals surface area contributed by atoms with Crippen molar-refractivity contribution in [1.29, 1.82) is 0 Å². The van der Waals surface area contributed by atoms with Crippen molar-refractivity contribution in [3.63, 3.8) is 0 Å². The third kappa shape index (κ3) is 4.52. The van der Waals surface area contributed by atoms with Crippen molar-refractivity contribution in [2.24, 2.45) is 0 Å². The second-order valence-electron chi connectivity index (χ2n) is 6.53. The number of hydrogen-bond donors (Lipinski definition) is 2. The van der Waals surface area contributed by atoms with Crippen LogP contribution in [0.2, 0.25) is 0 Å². The Morgan fingerprint density at radius 1 is 1.23 bits per heavy atom. The number of ether oxygens (including phenoxy) is 1. The first kappa shape index (κ1) is 19.7. The lowest BCUT2D eigenvalue weighted by atomic mass is 10.1. The zero-order valence-corrected chi connectivity index (χ0v) is 15.7. The number of rotatable bonds is 7. The van der Waals surface area contributed by atoms with Gasteiger partial charge >= 0.3 is 5.97 Å². The number of amides is 1. The zero-order valence-electron chi connectivity index (χ0n) is 15.7. The highest BCUT2D eigenvalue weighted by atomic mass is 16.5. The van der Waals surface area contributed by atoms with E-state index in [0.29, 0.717) is 12.1 Å². The van der Waals surface area contributed by atoms with Gasteiger partial charge in [-0.3, -0.25) is 4.79 Å². The fourth-order valence-electron chi connectivity index (χ4n) is 2.75. The Kier molecular flexibility index (Phi) is 6.21. The summed E-state index contributed by atoms with van der Waals surface area (Å²) in [7, 11) is 0. The largest absolute Gasteiger partial charge is 0.464 e. The molecule has 2 N–H and O–H groups in total. The molecule has 0 saturated carbocycles. The summed E-state index contributed by atoms with van der Waals surface area (Å²) in [5.74, 6) is -1.09. The molecule has 0 fully saturated rings. The zero-order chi connectivity index (χ0) is 19.3. The van der Waals surface area contributed by atoms with E-state index in [1.807, 2.05) is 50.2 Å². The average Bonchev–Trinajstić information content (AvgIpc) is 2.89. The molecule has 2 aromatic rings. The summed E-state index contributed by atoms with van der Waals surface area (Å²) in [6.45, 7) is 7.44. The fraction of sp³-hybridized carbons (Fsp3) is 0.400. The molecule has 0 radical (unpaired) electrons. The summed E-state index contributed by atoms with van der Waals surface area (Å²) in [6, 6.07) is 11.8. The van der Waals surface area contributed by atoms with Crippen molar-refractivity contribution in [2.75, 3.05) is 13.2 Å². The van der Waals surface area contributed by atoms with E-state index in [9.17, 15) is 14.7 Å². The van der Waals surface area contributed by atoms with Gasteiger partial charge in [0, 0.05) is 17.9 Å². The number of aryl methyl sites for hydroxylation is 1. The topological polar surface area (TPSA) is 80.6 Å². The van der Waals surface area contributed by atoms with E-state index in [-0.39, 0.29) is 19.1 Å². The number of aliphatic hydroxyl groups is 1. The van der Waals surface area contributed by atoms with E-state index in [0.717, 1.165) is 17.0 Å². The second kappa shape index (κ2) is 8.19. The SMILES string of the molecule is CCOC(=O)C(C)(O)CNC(=O)c1cc(C)n(Cc2ccccc2)c1C. The molecule has 0 aliphatic rings. The van der Waals surface area contributed by atoms with Crippen LogP contribution in [0.1, 0.15) is 41.2 Å². The number of esters is 1. The van der Waals surface area contributed by atoms with Crippen LogP contribution in [0.4, 0.5) is 0 Å². The Morgan fingerprint density at radius 3 is 2.50 bits per heavy atom. The lowest BCUT2D eigenvalue weighted by molar-refractivity contribution is -0.162. The molecular weight excluding hydrogens is 332 g/mol. The summed E-state index contributed by atoms with van der Waals surface area (Å²) >= 11 is 0. The molecule has 140 valence electrons. The van der Waals surface area contributed by atoms with Gasteiger partial charge < -0.3 is 19.7 Å². The molecule has 6 heteroatoms. The molecule has 0 aliphatic carbocycles. The highest BCUT2D eigenvalue weighted by molar-refractivity contribution is 5.96. The average molecular weight is 358 g/mol.